The van der Waals surface area contributed by atoms with Gasteiger partial charge in [0.15, 0.2) is 0 Å². The molecule has 2 aromatic rings. The minimum atomic E-state index is -0.593. The molecule has 0 aromatic heterocycles. The van der Waals surface area contributed by atoms with Crippen LogP contribution in [0.15, 0.2) is 48.5 Å². The van der Waals surface area contributed by atoms with Crippen LogP contribution in [0.25, 0.3) is 0 Å². The first kappa shape index (κ1) is 23.7. The van der Waals surface area contributed by atoms with Gasteiger partial charge in [-0.1, -0.05) is 45.2 Å². The van der Waals surface area contributed by atoms with Gasteiger partial charge in [-0.3, -0.25) is 9.69 Å². The maximum Gasteiger partial charge on any atom is 0.235 e. The monoisotopic (exact) mass is 452 g/mol. The first-order valence-electron chi connectivity index (χ1n) is 12.5. The number of likely N-dealkylation sites (tertiary alicyclic amines) is 1. The van der Waals surface area contributed by atoms with Crippen LogP contribution < -0.4 is 10.1 Å². The van der Waals surface area contributed by atoms with Crippen molar-refractivity contribution in [2.24, 2.45) is 11.8 Å². The largest absolute Gasteiger partial charge is 0.492 e. The number of hydrogen-bond donors (Lipinski definition) is 1. The van der Waals surface area contributed by atoms with Crippen LogP contribution in [0.1, 0.15) is 57.9 Å². The third-order valence-corrected chi connectivity index (χ3v) is 7.27. The van der Waals surface area contributed by atoms with Crippen LogP contribution in [-0.2, 0) is 10.2 Å². The summed E-state index contributed by atoms with van der Waals surface area (Å²) in [4.78, 5) is 15.9. The van der Waals surface area contributed by atoms with E-state index in [1.54, 1.807) is 12.1 Å². The van der Waals surface area contributed by atoms with Gasteiger partial charge in [-0.05, 0) is 73.1 Å². The molecule has 2 aliphatic rings. The van der Waals surface area contributed by atoms with Crippen LogP contribution in [0.5, 0.6) is 5.75 Å². The lowest BCUT2D eigenvalue weighted by atomic mass is 9.68. The van der Waals surface area contributed by atoms with E-state index >= 15 is 0 Å². The highest BCUT2D eigenvalue weighted by Crippen LogP contribution is 2.40. The Morgan fingerprint density at radius 1 is 1.00 bits per heavy atom. The Kier molecular flexibility index (Phi) is 7.69. The normalized spacial score (nSPS) is 23.1. The van der Waals surface area contributed by atoms with Gasteiger partial charge in [0.1, 0.15) is 18.2 Å². The number of benzene rings is 2. The molecule has 0 unspecified atom stereocenters. The molecule has 1 aliphatic heterocycles. The van der Waals surface area contributed by atoms with Crippen LogP contribution in [0.3, 0.4) is 0 Å². The highest BCUT2D eigenvalue weighted by molar-refractivity contribution is 5.99. The molecule has 0 bridgehead atoms. The minimum absolute atomic E-state index is 0.00388. The summed E-state index contributed by atoms with van der Waals surface area (Å²) in [5.74, 6) is 2.04. The van der Waals surface area contributed by atoms with Crippen molar-refractivity contribution in [3.63, 3.8) is 0 Å². The third-order valence-electron chi connectivity index (χ3n) is 7.27. The molecule has 1 amide bonds. The summed E-state index contributed by atoms with van der Waals surface area (Å²) >= 11 is 0. The third kappa shape index (κ3) is 5.94. The summed E-state index contributed by atoms with van der Waals surface area (Å²) in [6.07, 6.45) is 6.04. The topological polar surface area (TPSA) is 41.6 Å². The van der Waals surface area contributed by atoms with Crippen LogP contribution in [-0.4, -0.2) is 37.0 Å². The summed E-state index contributed by atoms with van der Waals surface area (Å²) in [6.45, 7) is 8.54. The Morgan fingerprint density at radius 2 is 1.64 bits per heavy atom. The van der Waals surface area contributed by atoms with Crippen LogP contribution >= 0.6 is 0 Å². The Labute approximate surface area is 197 Å². The van der Waals surface area contributed by atoms with E-state index in [0.29, 0.717) is 6.61 Å². The molecule has 5 heteroatoms. The van der Waals surface area contributed by atoms with Crippen molar-refractivity contribution < 1.29 is 13.9 Å². The van der Waals surface area contributed by atoms with Crippen molar-refractivity contribution >= 4 is 11.6 Å². The first-order chi connectivity index (χ1) is 15.9. The first-order valence-corrected chi connectivity index (χ1v) is 12.5. The highest BCUT2D eigenvalue weighted by Gasteiger charge is 2.41. The molecule has 1 N–H and O–H groups in total. The van der Waals surface area contributed by atoms with Gasteiger partial charge in [0.25, 0.3) is 0 Å². The van der Waals surface area contributed by atoms with Gasteiger partial charge in [-0.25, -0.2) is 4.39 Å². The van der Waals surface area contributed by atoms with Gasteiger partial charge in [0, 0.05) is 25.3 Å². The Bertz CT molecular complexity index is 896. The van der Waals surface area contributed by atoms with Crippen molar-refractivity contribution in [3.05, 3.63) is 59.9 Å². The standard InChI is InChI=1S/C28H37FN2O2/c1-21-18-22(2)20-31(19-21)16-17-33-26-12-10-25(11-13-26)30-27(32)28(14-4-3-5-15-28)23-6-8-24(29)9-7-23/h6-13,21-22H,3-5,14-20H2,1-2H3,(H,30,32)/t21-,22+. The zero-order valence-corrected chi connectivity index (χ0v) is 20.0. The average molecular weight is 453 g/mol. The fourth-order valence-electron chi connectivity index (χ4n) is 5.72. The minimum Gasteiger partial charge on any atom is -0.492 e. The number of piperidine rings is 1. The summed E-state index contributed by atoms with van der Waals surface area (Å²) in [6, 6.07) is 14.1. The molecule has 4 rings (SSSR count). The lowest BCUT2D eigenvalue weighted by Crippen LogP contribution is -2.42. The van der Waals surface area contributed by atoms with E-state index in [4.69, 9.17) is 4.74 Å². The van der Waals surface area contributed by atoms with Crippen molar-refractivity contribution in [3.8, 4) is 5.75 Å². The van der Waals surface area contributed by atoms with E-state index < -0.39 is 5.41 Å². The fraction of sp³-hybridized carbons (Fsp3) is 0.536. The summed E-state index contributed by atoms with van der Waals surface area (Å²) in [7, 11) is 0. The smallest absolute Gasteiger partial charge is 0.235 e. The number of rotatable bonds is 7. The second-order valence-corrected chi connectivity index (χ2v) is 10.2. The number of halogens is 1. The number of carbonyl (C=O) groups is 1. The van der Waals surface area contributed by atoms with Gasteiger partial charge in [-0.2, -0.15) is 0 Å². The van der Waals surface area contributed by atoms with Gasteiger partial charge < -0.3 is 10.1 Å². The fourth-order valence-corrected chi connectivity index (χ4v) is 5.72. The maximum absolute atomic E-state index is 13.5. The molecule has 4 nitrogen and oxygen atoms in total. The number of carbonyl (C=O) groups excluding carboxylic acids is 1. The second-order valence-electron chi connectivity index (χ2n) is 10.2. The quantitative estimate of drug-likeness (QED) is 0.558. The second kappa shape index (κ2) is 10.7. The molecule has 178 valence electrons. The predicted octanol–water partition coefficient (Wildman–Crippen LogP) is 6.02. The molecule has 1 saturated heterocycles. The molecule has 33 heavy (non-hydrogen) atoms. The number of nitrogens with one attached hydrogen (secondary N) is 1. The number of amides is 1. The molecule has 1 heterocycles. The summed E-state index contributed by atoms with van der Waals surface area (Å²) < 4.78 is 19.4. The number of anilines is 1. The molecular weight excluding hydrogens is 415 g/mol. The molecular formula is C28H37FN2O2. The Hall–Kier alpha value is -2.40. The molecule has 2 atom stereocenters. The maximum atomic E-state index is 13.5. The number of nitrogens with zero attached hydrogens (tertiary/aromatic N) is 1. The molecule has 2 aromatic carbocycles. The lowest BCUT2D eigenvalue weighted by molar-refractivity contribution is -0.122. The lowest BCUT2D eigenvalue weighted by Gasteiger charge is -2.36. The van der Waals surface area contributed by atoms with E-state index in [-0.39, 0.29) is 11.7 Å². The van der Waals surface area contributed by atoms with E-state index in [2.05, 4.69) is 24.1 Å². The van der Waals surface area contributed by atoms with E-state index in [1.165, 1.54) is 18.6 Å². The Balaban J connectivity index is 1.34. The number of ether oxygens (including phenoxy) is 1. The Morgan fingerprint density at radius 3 is 2.27 bits per heavy atom. The number of hydrogen-bond acceptors (Lipinski definition) is 3. The van der Waals surface area contributed by atoms with Gasteiger partial charge in [0.2, 0.25) is 5.91 Å². The average Bonchev–Trinajstić information content (AvgIpc) is 2.80. The van der Waals surface area contributed by atoms with E-state index in [1.807, 2.05) is 24.3 Å². The zero-order chi connectivity index (χ0) is 23.3. The molecule has 1 aliphatic carbocycles. The van der Waals surface area contributed by atoms with Crippen molar-refractivity contribution in [2.75, 3.05) is 31.6 Å². The zero-order valence-electron chi connectivity index (χ0n) is 20.0. The van der Waals surface area contributed by atoms with Gasteiger partial charge >= 0.3 is 0 Å². The predicted molar refractivity (Wildman–Crippen MR) is 131 cm³/mol. The molecule has 2 fully saturated rings. The van der Waals surface area contributed by atoms with Gasteiger partial charge in [0.05, 0.1) is 5.41 Å². The molecule has 1 saturated carbocycles. The van der Waals surface area contributed by atoms with Crippen LogP contribution in [0, 0.1) is 17.7 Å². The van der Waals surface area contributed by atoms with Crippen LogP contribution in [0.2, 0.25) is 0 Å². The van der Waals surface area contributed by atoms with Crippen LogP contribution in [0.4, 0.5) is 10.1 Å². The molecule has 0 spiro atoms. The summed E-state index contributed by atoms with van der Waals surface area (Å²) in [5, 5.41) is 3.11. The van der Waals surface area contributed by atoms with E-state index in [9.17, 15) is 9.18 Å². The van der Waals surface area contributed by atoms with Crippen molar-refractivity contribution in [1.82, 2.24) is 4.90 Å². The van der Waals surface area contributed by atoms with Crippen molar-refractivity contribution in [2.45, 2.75) is 57.8 Å². The SMILES string of the molecule is C[C@@H]1C[C@H](C)CN(CCOc2ccc(NC(=O)C3(c4ccc(F)cc4)CCCCC3)cc2)C1. The van der Waals surface area contributed by atoms with Gasteiger partial charge in [-0.15, -0.1) is 0 Å². The van der Waals surface area contributed by atoms with Crippen molar-refractivity contribution in [1.29, 1.82) is 0 Å². The molecule has 0 radical (unpaired) electrons. The highest BCUT2D eigenvalue weighted by atomic mass is 19.1. The summed E-state index contributed by atoms with van der Waals surface area (Å²) in [5.41, 5.74) is 1.07. The van der Waals surface area contributed by atoms with E-state index in [0.717, 1.165) is 80.6 Å².